The number of amides is 2. The number of halogens is 2. The summed E-state index contributed by atoms with van der Waals surface area (Å²) in [6, 6.07) is 1.73. The van der Waals surface area contributed by atoms with Crippen molar-refractivity contribution in [3.8, 4) is 0 Å². The molecule has 25 heavy (non-hydrogen) atoms. The second-order valence-corrected chi connectivity index (χ2v) is 7.25. The predicted octanol–water partition coefficient (Wildman–Crippen LogP) is 0.455. The van der Waals surface area contributed by atoms with Crippen LogP contribution in [0.5, 0.6) is 0 Å². The highest BCUT2D eigenvalue weighted by molar-refractivity contribution is 7.89. The molecule has 0 atom stereocenters. The first-order valence-corrected chi connectivity index (χ1v) is 8.85. The van der Waals surface area contributed by atoms with Crippen LogP contribution in [0.2, 0.25) is 0 Å². The lowest BCUT2D eigenvalue weighted by Gasteiger charge is -2.34. The van der Waals surface area contributed by atoms with Crippen molar-refractivity contribution in [2.24, 2.45) is 0 Å². The molecule has 1 heterocycles. The Hall–Kier alpha value is -2.27. The SMILES string of the molecule is O=C(O)CCNC(=O)N1CCN(S(=O)(=O)c2ccc(F)cc2F)CC1. The first-order valence-electron chi connectivity index (χ1n) is 7.41. The monoisotopic (exact) mass is 377 g/mol. The standard InChI is InChI=1S/C14H17F2N3O5S/c15-10-1-2-12(11(16)9-10)25(23,24)19-7-5-18(6-8-19)14(22)17-4-3-13(20)21/h1-2,9H,3-8H2,(H,17,22)(H,20,21). The summed E-state index contributed by atoms with van der Waals surface area (Å²) in [6.45, 7) is 0.00632. The second-order valence-electron chi connectivity index (χ2n) is 5.34. The fourth-order valence-electron chi connectivity index (χ4n) is 2.34. The number of nitrogens with one attached hydrogen (secondary N) is 1. The van der Waals surface area contributed by atoms with Crippen LogP contribution in [0.1, 0.15) is 6.42 Å². The lowest BCUT2D eigenvalue weighted by molar-refractivity contribution is -0.136. The molecule has 1 saturated heterocycles. The lowest BCUT2D eigenvalue weighted by Crippen LogP contribution is -2.53. The van der Waals surface area contributed by atoms with Crippen molar-refractivity contribution < 1.29 is 31.9 Å². The van der Waals surface area contributed by atoms with Crippen molar-refractivity contribution in [1.29, 1.82) is 0 Å². The van der Waals surface area contributed by atoms with E-state index < -0.39 is 38.6 Å². The number of sulfonamides is 1. The molecular formula is C14H17F2N3O5S. The summed E-state index contributed by atoms with van der Waals surface area (Å²) >= 11 is 0. The van der Waals surface area contributed by atoms with E-state index in [9.17, 15) is 26.8 Å². The van der Waals surface area contributed by atoms with Crippen molar-refractivity contribution in [3.63, 3.8) is 0 Å². The van der Waals surface area contributed by atoms with E-state index in [1.165, 1.54) is 4.90 Å². The second kappa shape index (κ2) is 7.74. The highest BCUT2D eigenvalue weighted by atomic mass is 32.2. The Morgan fingerprint density at radius 3 is 2.36 bits per heavy atom. The fourth-order valence-corrected chi connectivity index (χ4v) is 3.81. The molecule has 0 saturated carbocycles. The molecule has 8 nitrogen and oxygen atoms in total. The van der Waals surface area contributed by atoms with Crippen molar-refractivity contribution in [1.82, 2.24) is 14.5 Å². The third-order valence-corrected chi connectivity index (χ3v) is 5.58. The van der Waals surface area contributed by atoms with Crippen molar-refractivity contribution in [2.45, 2.75) is 11.3 Å². The molecule has 1 aromatic rings. The number of hydrogen-bond donors (Lipinski definition) is 2. The number of rotatable bonds is 5. The van der Waals surface area contributed by atoms with E-state index in [0.29, 0.717) is 6.07 Å². The van der Waals surface area contributed by atoms with E-state index in [1.54, 1.807) is 0 Å². The highest BCUT2D eigenvalue weighted by Crippen LogP contribution is 2.21. The normalized spacial score (nSPS) is 15.8. The molecule has 11 heteroatoms. The minimum Gasteiger partial charge on any atom is -0.481 e. The molecule has 0 radical (unpaired) electrons. The van der Waals surface area contributed by atoms with Crippen LogP contribution in [0.4, 0.5) is 13.6 Å². The van der Waals surface area contributed by atoms with Gasteiger partial charge in [-0.3, -0.25) is 4.79 Å². The molecule has 0 aromatic heterocycles. The molecule has 0 aliphatic carbocycles. The van der Waals surface area contributed by atoms with Gasteiger partial charge in [0.25, 0.3) is 0 Å². The van der Waals surface area contributed by atoms with Gasteiger partial charge in [0, 0.05) is 38.8 Å². The Morgan fingerprint density at radius 1 is 1.16 bits per heavy atom. The molecule has 0 spiro atoms. The minimum atomic E-state index is -4.13. The number of carbonyl (C=O) groups excluding carboxylic acids is 1. The van der Waals surface area contributed by atoms with Gasteiger partial charge in [-0.15, -0.1) is 0 Å². The van der Waals surface area contributed by atoms with Crippen molar-refractivity contribution in [3.05, 3.63) is 29.8 Å². The van der Waals surface area contributed by atoms with Gasteiger partial charge in [-0.2, -0.15) is 4.31 Å². The third kappa shape index (κ3) is 4.63. The summed E-state index contributed by atoms with van der Waals surface area (Å²) < 4.78 is 52.5. The third-order valence-electron chi connectivity index (χ3n) is 3.65. The van der Waals surface area contributed by atoms with Crippen LogP contribution in [0.3, 0.4) is 0 Å². The largest absolute Gasteiger partial charge is 0.481 e. The molecule has 0 unspecified atom stereocenters. The number of urea groups is 1. The summed E-state index contributed by atoms with van der Waals surface area (Å²) in [7, 11) is -4.13. The molecular weight excluding hydrogens is 360 g/mol. The Labute approximate surface area is 143 Å². The summed E-state index contributed by atoms with van der Waals surface area (Å²) in [5.41, 5.74) is 0. The van der Waals surface area contributed by atoms with Crippen molar-refractivity contribution in [2.75, 3.05) is 32.7 Å². The van der Waals surface area contributed by atoms with E-state index in [0.717, 1.165) is 16.4 Å². The van der Waals surface area contributed by atoms with Crippen LogP contribution in [0, 0.1) is 11.6 Å². The first kappa shape index (κ1) is 19.1. The van der Waals surface area contributed by atoms with Crippen molar-refractivity contribution >= 4 is 22.0 Å². The average Bonchev–Trinajstić information content (AvgIpc) is 2.54. The molecule has 2 rings (SSSR count). The molecule has 1 aromatic carbocycles. The van der Waals surface area contributed by atoms with Gasteiger partial charge in [-0.25, -0.2) is 22.0 Å². The topological polar surface area (TPSA) is 107 Å². The highest BCUT2D eigenvalue weighted by Gasteiger charge is 2.32. The van der Waals surface area contributed by atoms with Crippen LogP contribution in [-0.4, -0.2) is 67.5 Å². The quantitative estimate of drug-likeness (QED) is 0.775. The maximum atomic E-state index is 13.7. The summed E-state index contributed by atoms with van der Waals surface area (Å²) in [4.78, 5) is 23.0. The molecule has 0 bridgehead atoms. The van der Waals surface area contributed by atoms with Crippen LogP contribution in [-0.2, 0) is 14.8 Å². The van der Waals surface area contributed by atoms with Crippen LogP contribution < -0.4 is 5.32 Å². The Morgan fingerprint density at radius 2 is 1.80 bits per heavy atom. The summed E-state index contributed by atoms with van der Waals surface area (Å²) in [5, 5.41) is 10.9. The van der Waals surface area contributed by atoms with Crippen LogP contribution in [0.15, 0.2) is 23.1 Å². The van der Waals surface area contributed by atoms with Gasteiger partial charge in [0.1, 0.15) is 16.5 Å². The minimum absolute atomic E-state index is 0.0343. The number of aliphatic carboxylic acids is 1. The molecule has 2 amide bonds. The van der Waals surface area contributed by atoms with E-state index in [2.05, 4.69) is 5.32 Å². The average molecular weight is 377 g/mol. The zero-order chi connectivity index (χ0) is 18.6. The Balaban J connectivity index is 1.97. The number of nitrogens with zero attached hydrogens (tertiary/aromatic N) is 2. The number of carbonyl (C=O) groups is 2. The van der Waals surface area contributed by atoms with E-state index >= 15 is 0 Å². The smallest absolute Gasteiger partial charge is 0.317 e. The zero-order valence-electron chi connectivity index (χ0n) is 13.1. The zero-order valence-corrected chi connectivity index (χ0v) is 13.9. The number of benzene rings is 1. The van der Waals surface area contributed by atoms with E-state index in [-0.39, 0.29) is 39.1 Å². The maximum Gasteiger partial charge on any atom is 0.317 e. The van der Waals surface area contributed by atoms with Crippen LogP contribution in [0.25, 0.3) is 0 Å². The number of hydrogen-bond acceptors (Lipinski definition) is 4. The van der Waals surface area contributed by atoms with Gasteiger partial charge >= 0.3 is 12.0 Å². The predicted molar refractivity (Wildman–Crippen MR) is 82.3 cm³/mol. The molecule has 1 fully saturated rings. The first-order chi connectivity index (χ1) is 11.7. The van der Waals surface area contributed by atoms with E-state index in [1.807, 2.05) is 0 Å². The fraction of sp³-hybridized carbons (Fsp3) is 0.429. The number of piperazine rings is 1. The molecule has 1 aliphatic heterocycles. The number of carboxylic acid groups (broad SMARTS) is 1. The molecule has 1 aliphatic rings. The van der Waals surface area contributed by atoms with E-state index in [4.69, 9.17) is 5.11 Å². The molecule has 2 N–H and O–H groups in total. The summed E-state index contributed by atoms with van der Waals surface area (Å²) in [6.07, 6.45) is -0.218. The van der Waals surface area contributed by atoms with Gasteiger partial charge < -0.3 is 15.3 Å². The summed E-state index contributed by atoms with van der Waals surface area (Å²) in [5.74, 6) is -3.09. The lowest BCUT2D eigenvalue weighted by atomic mass is 10.3. The van der Waals surface area contributed by atoms with Gasteiger partial charge in [0.2, 0.25) is 10.0 Å². The maximum absolute atomic E-state index is 13.7. The van der Waals surface area contributed by atoms with Gasteiger partial charge in [-0.05, 0) is 12.1 Å². The van der Waals surface area contributed by atoms with Gasteiger partial charge in [0.15, 0.2) is 0 Å². The van der Waals surface area contributed by atoms with Gasteiger partial charge in [0.05, 0.1) is 6.42 Å². The van der Waals surface area contributed by atoms with Crippen LogP contribution >= 0.6 is 0 Å². The van der Waals surface area contributed by atoms with Gasteiger partial charge in [-0.1, -0.05) is 0 Å². The Kier molecular flexibility index (Phi) is 5.90. The number of carboxylic acids is 1. The molecule has 138 valence electrons. The Bertz CT molecular complexity index is 764.